The average molecular weight is 389 g/mol. The van der Waals surface area contributed by atoms with Crippen LogP contribution in [-0.4, -0.2) is 24.8 Å². The van der Waals surface area contributed by atoms with Crippen LogP contribution in [-0.2, 0) is 10.5 Å². The summed E-state index contributed by atoms with van der Waals surface area (Å²) in [5.41, 5.74) is 0.906. The van der Waals surface area contributed by atoms with E-state index in [1.807, 2.05) is 19.1 Å². The molecular weight excluding hydrogens is 370 g/mol. The number of hydrogen-bond acceptors (Lipinski definition) is 6. The minimum absolute atomic E-state index is 0.0723. The van der Waals surface area contributed by atoms with Gasteiger partial charge >= 0.3 is 5.63 Å². The number of amides is 1. The van der Waals surface area contributed by atoms with Crippen LogP contribution in [0.4, 0.5) is 0 Å². The Bertz CT molecular complexity index is 934. The summed E-state index contributed by atoms with van der Waals surface area (Å²) in [7, 11) is 0. The van der Waals surface area contributed by atoms with Crippen molar-refractivity contribution in [1.29, 1.82) is 0 Å². The Morgan fingerprint density at radius 1 is 1.31 bits per heavy atom. The van der Waals surface area contributed by atoms with Crippen molar-refractivity contribution in [3.63, 3.8) is 0 Å². The van der Waals surface area contributed by atoms with Gasteiger partial charge in [0.1, 0.15) is 11.3 Å². The van der Waals surface area contributed by atoms with E-state index in [1.165, 1.54) is 10.9 Å². The molecule has 3 rings (SSSR count). The predicted molar refractivity (Wildman–Crippen MR) is 106 cm³/mol. The molecule has 1 aromatic carbocycles. The van der Waals surface area contributed by atoms with Crippen molar-refractivity contribution in [3.05, 3.63) is 62.6 Å². The summed E-state index contributed by atoms with van der Waals surface area (Å²) in [6, 6.07) is 10.8. The normalized spacial score (nSPS) is 10.8. The van der Waals surface area contributed by atoms with E-state index in [0.29, 0.717) is 17.9 Å². The monoisotopic (exact) mass is 389 g/mol. The van der Waals surface area contributed by atoms with E-state index in [9.17, 15) is 9.59 Å². The molecule has 0 aliphatic carbocycles. The second-order valence-corrected chi connectivity index (χ2v) is 7.81. The predicted octanol–water partition coefficient (Wildman–Crippen LogP) is 3.59. The number of carbonyl (C=O) groups is 1. The fourth-order valence-electron chi connectivity index (χ4n) is 2.43. The zero-order valence-electron chi connectivity index (χ0n) is 14.3. The van der Waals surface area contributed by atoms with Crippen molar-refractivity contribution in [2.75, 3.05) is 18.9 Å². The summed E-state index contributed by atoms with van der Waals surface area (Å²) in [5.74, 6) is 2.14. The van der Waals surface area contributed by atoms with Gasteiger partial charge in [-0.25, -0.2) is 4.79 Å². The Balaban J connectivity index is 1.42. The first-order valence-corrected chi connectivity index (χ1v) is 10.2. The summed E-state index contributed by atoms with van der Waals surface area (Å²) in [6.45, 7) is 2.38. The number of thioether (sulfide) groups is 1. The quantitative estimate of drug-likeness (QED) is 0.471. The molecule has 1 N–H and O–H groups in total. The minimum atomic E-state index is -0.398. The third-order valence-electron chi connectivity index (χ3n) is 3.69. The molecule has 0 unspecified atom stereocenters. The first-order valence-electron chi connectivity index (χ1n) is 8.16. The summed E-state index contributed by atoms with van der Waals surface area (Å²) in [5, 5.41) is 5.75. The number of fused-ring (bicyclic) bond motifs is 1. The summed E-state index contributed by atoms with van der Waals surface area (Å²) in [6.07, 6.45) is 0. The number of benzene rings is 1. The Kier molecular flexibility index (Phi) is 6.35. The summed E-state index contributed by atoms with van der Waals surface area (Å²) in [4.78, 5) is 24.7. The lowest BCUT2D eigenvalue weighted by atomic mass is 10.1. The Labute approximate surface area is 159 Å². The first-order chi connectivity index (χ1) is 12.6. The topological polar surface area (TPSA) is 68.5 Å². The van der Waals surface area contributed by atoms with Gasteiger partial charge in [-0.1, -0.05) is 6.07 Å². The van der Waals surface area contributed by atoms with E-state index in [1.54, 1.807) is 35.2 Å². The molecule has 2 aromatic heterocycles. The van der Waals surface area contributed by atoms with Crippen molar-refractivity contribution < 1.29 is 13.9 Å². The minimum Gasteiger partial charge on any atom is -0.484 e. The smallest absolute Gasteiger partial charge is 0.336 e. The lowest BCUT2D eigenvalue weighted by molar-refractivity contribution is -0.122. The average Bonchev–Trinajstić information content (AvgIpc) is 3.12. The largest absolute Gasteiger partial charge is 0.484 e. The van der Waals surface area contributed by atoms with Gasteiger partial charge in [0.2, 0.25) is 0 Å². The first kappa shape index (κ1) is 18.5. The van der Waals surface area contributed by atoms with Crippen LogP contribution in [0.15, 0.2) is 51.0 Å². The van der Waals surface area contributed by atoms with Gasteiger partial charge in [0.25, 0.3) is 5.91 Å². The maximum Gasteiger partial charge on any atom is 0.336 e. The van der Waals surface area contributed by atoms with E-state index in [0.717, 1.165) is 22.5 Å². The molecule has 0 spiro atoms. The number of hydrogen-bond donors (Lipinski definition) is 1. The number of thiophene rings is 1. The van der Waals surface area contributed by atoms with E-state index >= 15 is 0 Å². The van der Waals surface area contributed by atoms with E-state index in [4.69, 9.17) is 9.15 Å². The fraction of sp³-hybridized carbons (Fsp3) is 0.263. The molecule has 26 heavy (non-hydrogen) atoms. The third-order valence-corrected chi connectivity index (χ3v) is 5.75. The molecule has 7 heteroatoms. The van der Waals surface area contributed by atoms with Crippen molar-refractivity contribution in [2.24, 2.45) is 0 Å². The van der Waals surface area contributed by atoms with Crippen LogP contribution in [0.25, 0.3) is 11.0 Å². The molecule has 2 heterocycles. The highest BCUT2D eigenvalue weighted by Crippen LogP contribution is 2.22. The SMILES string of the molecule is Cc1cc(=O)oc2cc(OCC(=O)NCCSCc3cccs3)ccc12. The van der Waals surface area contributed by atoms with Crippen LogP contribution < -0.4 is 15.7 Å². The van der Waals surface area contributed by atoms with Gasteiger partial charge in [-0.2, -0.15) is 11.8 Å². The van der Waals surface area contributed by atoms with Crippen molar-refractivity contribution in [3.8, 4) is 5.75 Å². The number of aryl methyl sites for hydroxylation is 1. The van der Waals surface area contributed by atoms with Crippen LogP contribution in [0.3, 0.4) is 0 Å². The van der Waals surface area contributed by atoms with Gasteiger partial charge in [-0.3, -0.25) is 4.79 Å². The number of rotatable bonds is 8. The lowest BCUT2D eigenvalue weighted by Gasteiger charge is -2.08. The highest BCUT2D eigenvalue weighted by atomic mass is 32.2. The zero-order valence-corrected chi connectivity index (χ0v) is 16.0. The molecule has 136 valence electrons. The van der Waals surface area contributed by atoms with Gasteiger partial charge in [0.15, 0.2) is 6.61 Å². The van der Waals surface area contributed by atoms with E-state index < -0.39 is 5.63 Å². The number of nitrogens with one attached hydrogen (secondary N) is 1. The second kappa shape index (κ2) is 8.91. The number of carbonyl (C=O) groups excluding carboxylic acids is 1. The van der Waals surface area contributed by atoms with Crippen LogP contribution in [0.1, 0.15) is 10.4 Å². The number of ether oxygens (including phenoxy) is 1. The maximum absolute atomic E-state index is 11.9. The molecule has 0 aliphatic rings. The van der Waals surface area contributed by atoms with Crippen LogP contribution in [0, 0.1) is 6.92 Å². The highest BCUT2D eigenvalue weighted by Gasteiger charge is 2.06. The highest BCUT2D eigenvalue weighted by molar-refractivity contribution is 7.98. The molecule has 0 saturated carbocycles. The van der Waals surface area contributed by atoms with Gasteiger partial charge < -0.3 is 14.5 Å². The van der Waals surface area contributed by atoms with Gasteiger partial charge in [0, 0.05) is 40.4 Å². The molecule has 3 aromatic rings. The second-order valence-electron chi connectivity index (χ2n) is 5.68. The van der Waals surface area contributed by atoms with Crippen molar-refractivity contribution >= 4 is 40.0 Å². The summed E-state index contributed by atoms with van der Waals surface area (Å²) >= 11 is 3.52. The molecule has 0 fully saturated rings. The summed E-state index contributed by atoms with van der Waals surface area (Å²) < 4.78 is 10.7. The van der Waals surface area contributed by atoms with E-state index in [2.05, 4.69) is 16.8 Å². The Morgan fingerprint density at radius 2 is 2.19 bits per heavy atom. The molecule has 0 bridgehead atoms. The van der Waals surface area contributed by atoms with E-state index in [-0.39, 0.29) is 12.5 Å². The van der Waals surface area contributed by atoms with Crippen molar-refractivity contribution in [2.45, 2.75) is 12.7 Å². The van der Waals surface area contributed by atoms with Gasteiger partial charge in [-0.15, -0.1) is 11.3 Å². The third kappa shape index (κ3) is 5.12. The molecular formula is C19H19NO4S2. The lowest BCUT2D eigenvalue weighted by Crippen LogP contribution is -2.30. The molecule has 0 aliphatic heterocycles. The molecule has 0 saturated heterocycles. The molecule has 0 atom stereocenters. The fourth-order valence-corrected chi connectivity index (χ4v) is 4.12. The van der Waals surface area contributed by atoms with Crippen LogP contribution in [0.5, 0.6) is 5.75 Å². The Hall–Kier alpha value is -2.25. The van der Waals surface area contributed by atoms with Gasteiger partial charge in [-0.05, 0) is 36.1 Å². The maximum atomic E-state index is 11.9. The zero-order chi connectivity index (χ0) is 18.4. The molecule has 0 radical (unpaired) electrons. The van der Waals surface area contributed by atoms with Crippen LogP contribution >= 0.6 is 23.1 Å². The van der Waals surface area contributed by atoms with Crippen LogP contribution in [0.2, 0.25) is 0 Å². The molecule has 1 amide bonds. The van der Waals surface area contributed by atoms with Gasteiger partial charge in [0.05, 0.1) is 0 Å². The van der Waals surface area contributed by atoms with Crippen molar-refractivity contribution in [1.82, 2.24) is 5.32 Å². The Morgan fingerprint density at radius 3 is 3.00 bits per heavy atom. The molecule has 5 nitrogen and oxygen atoms in total. The standard InChI is InChI=1S/C19H19NO4S2/c1-13-9-19(22)24-17-10-14(4-5-16(13)17)23-11-18(21)20-6-8-25-12-15-3-2-7-26-15/h2-5,7,9-10H,6,8,11-12H2,1H3,(H,20,21).